The molecule has 24 heavy (non-hydrogen) atoms. The topological polar surface area (TPSA) is 58.2 Å². The van der Waals surface area contributed by atoms with Crippen molar-refractivity contribution in [3.05, 3.63) is 46.8 Å². The summed E-state index contributed by atoms with van der Waals surface area (Å²) in [6.45, 7) is 1.03. The molecule has 2 aromatic rings. The van der Waals surface area contributed by atoms with Crippen LogP contribution in [-0.2, 0) is 30.6 Å². The lowest BCUT2D eigenvalue weighted by molar-refractivity contribution is -0.136. The summed E-state index contributed by atoms with van der Waals surface area (Å²) < 4.78 is 5.76. The first-order valence-corrected chi connectivity index (χ1v) is 8.73. The first-order valence-electron chi connectivity index (χ1n) is 8.73. The van der Waals surface area contributed by atoms with E-state index in [2.05, 4.69) is 10.2 Å². The molecule has 0 bridgehead atoms. The number of fused-ring (bicyclic) bond motifs is 2. The van der Waals surface area contributed by atoms with Crippen molar-refractivity contribution in [3.63, 3.8) is 0 Å². The minimum atomic E-state index is -0.111. The number of carbonyl (C=O) groups is 1. The molecular weight excluding hydrogens is 302 g/mol. The highest BCUT2D eigenvalue weighted by Crippen LogP contribution is 2.28. The molecule has 0 fully saturated rings. The second-order valence-corrected chi connectivity index (χ2v) is 6.85. The van der Waals surface area contributed by atoms with Crippen LogP contribution in [0.5, 0.6) is 5.75 Å². The smallest absolute Gasteiger partial charge is 0.229 e. The fraction of sp³-hybridized carbons (Fsp3) is 0.474. The van der Waals surface area contributed by atoms with E-state index in [0.717, 1.165) is 36.3 Å². The number of ether oxygens (including phenoxy) is 1. The number of para-hydroxylation sites is 1. The van der Waals surface area contributed by atoms with Crippen LogP contribution in [0.1, 0.15) is 35.4 Å². The van der Waals surface area contributed by atoms with E-state index in [1.165, 1.54) is 24.1 Å². The van der Waals surface area contributed by atoms with Crippen molar-refractivity contribution in [2.24, 2.45) is 5.92 Å². The number of nitrogens with one attached hydrogen (secondary N) is 1. The van der Waals surface area contributed by atoms with Crippen molar-refractivity contribution in [2.75, 3.05) is 13.7 Å². The first-order chi connectivity index (χ1) is 11.7. The van der Waals surface area contributed by atoms with Crippen LogP contribution in [-0.4, -0.2) is 34.7 Å². The highest BCUT2D eigenvalue weighted by molar-refractivity contribution is 5.79. The zero-order chi connectivity index (χ0) is 16.5. The predicted molar refractivity (Wildman–Crippen MR) is 90.8 cm³/mol. The Hall–Kier alpha value is -2.30. The number of amides is 1. The van der Waals surface area contributed by atoms with Gasteiger partial charge in [-0.2, -0.15) is 5.10 Å². The van der Waals surface area contributed by atoms with Gasteiger partial charge in [0.05, 0.1) is 18.2 Å². The maximum atomic E-state index is 12.8. The number of rotatable bonds is 3. The van der Waals surface area contributed by atoms with Gasteiger partial charge in [0, 0.05) is 12.7 Å². The molecule has 1 aromatic heterocycles. The maximum Gasteiger partial charge on any atom is 0.229 e. The number of aryl methyl sites for hydroxylation is 1. The van der Waals surface area contributed by atoms with Gasteiger partial charge in [-0.1, -0.05) is 18.2 Å². The standard InChI is InChI=1S/C19H23N3O2/c1-22(11-17-15-7-3-4-8-16(15)20-21-17)19(23)14-10-13-6-2-5-9-18(13)24-12-14/h2,5-6,9,14H,3-4,7-8,10-12H2,1H3,(H,20,21)/t14-/m1/s1. The molecule has 0 radical (unpaired) electrons. The van der Waals surface area contributed by atoms with Crippen LogP contribution in [0.4, 0.5) is 0 Å². The van der Waals surface area contributed by atoms with Gasteiger partial charge < -0.3 is 9.64 Å². The van der Waals surface area contributed by atoms with Crippen LogP contribution in [0.25, 0.3) is 0 Å². The average Bonchev–Trinajstić information content (AvgIpc) is 3.03. The average molecular weight is 325 g/mol. The number of H-pyrrole nitrogens is 1. The number of nitrogens with zero attached hydrogens (tertiary/aromatic N) is 2. The fourth-order valence-electron chi connectivity index (χ4n) is 3.78. The summed E-state index contributed by atoms with van der Waals surface area (Å²) in [6.07, 6.45) is 5.33. The molecule has 126 valence electrons. The van der Waals surface area contributed by atoms with Gasteiger partial charge in [0.15, 0.2) is 0 Å². The van der Waals surface area contributed by atoms with E-state index in [1.54, 1.807) is 4.90 Å². The van der Waals surface area contributed by atoms with E-state index in [9.17, 15) is 4.79 Å². The van der Waals surface area contributed by atoms with Gasteiger partial charge in [-0.3, -0.25) is 9.89 Å². The molecule has 4 rings (SSSR count). The van der Waals surface area contributed by atoms with Gasteiger partial charge in [0.2, 0.25) is 5.91 Å². The molecule has 2 heterocycles. The summed E-state index contributed by atoms with van der Waals surface area (Å²) in [5.74, 6) is 0.933. The molecule has 1 aliphatic carbocycles. The number of carbonyl (C=O) groups excluding carboxylic acids is 1. The normalized spacial score (nSPS) is 19.1. The summed E-state index contributed by atoms with van der Waals surface area (Å²) >= 11 is 0. The van der Waals surface area contributed by atoms with E-state index in [-0.39, 0.29) is 11.8 Å². The molecule has 1 atom stereocenters. The van der Waals surface area contributed by atoms with Gasteiger partial charge in [0.25, 0.3) is 0 Å². The van der Waals surface area contributed by atoms with Gasteiger partial charge in [-0.05, 0) is 49.3 Å². The lowest BCUT2D eigenvalue weighted by atomic mass is 9.94. The number of aromatic nitrogens is 2. The zero-order valence-corrected chi connectivity index (χ0v) is 14.0. The molecule has 0 spiro atoms. The fourth-order valence-corrected chi connectivity index (χ4v) is 3.78. The van der Waals surface area contributed by atoms with Crippen molar-refractivity contribution in [3.8, 4) is 5.75 Å². The van der Waals surface area contributed by atoms with Crippen molar-refractivity contribution < 1.29 is 9.53 Å². The summed E-state index contributed by atoms with van der Waals surface area (Å²) in [5, 5.41) is 7.60. The minimum Gasteiger partial charge on any atom is -0.492 e. The molecule has 5 nitrogen and oxygen atoms in total. The predicted octanol–water partition coefficient (Wildman–Crippen LogP) is 2.50. The Labute approximate surface area is 142 Å². The Kier molecular flexibility index (Phi) is 4.00. The second-order valence-electron chi connectivity index (χ2n) is 6.85. The lowest BCUT2D eigenvalue weighted by Crippen LogP contribution is -2.38. The SMILES string of the molecule is CN(Cc1n[nH]c2c1CCCC2)C(=O)[C@H]1COc2ccccc2C1. The molecule has 1 amide bonds. The maximum absolute atomic E-state index is 12.8. The minimum absolute atomic E-state index is 0.111. The van der Waals surface area contributed by atoms with E-state index in [1.807, 2.05) is 31.3 Å². The van der Waals surface area contributed by atoms with Gasteiger partial charge >= 0.3 is 0 Å². The second kappa shape index (κ2) is 6.30. The van der Waals surface area contributed by atoms with E-state index >= 15 is 0 Å². The van der Waals surface area contributed by atoms with Gasteiger partial charge in [0.1, 0.15) is 12.4 Å². The van der Waals surface area contributed by atoms with Gasteiger partial charge in [-0.15, -0.1) is 0 Å². The monoisotopic (exact) mass is 325 g/mol. The summed E-state index contributed by atoms with van der Waals surface area (Å²) in [7, 11) is 1.87. The molecular formula is C19H23N3O2. The lowest BCUT2D eigenvalue weighted by Gasteiger charge is -2.28. The van der Waals surface area contributed by atoms with Crippen LogP contribution >= 0.6 is 0 Å². The van der Waals surface area contributed by atoms with Crippen LogP contribution in [0.15, 0.2) is 24.3 Å². The number of benzene rings is 1. The third-order valence-corrected chi connectivity index (χ3v) is 5.13. The third-order valence-electron chi connectivity index (χ3n) is 5.13. The molecule has 0 saturated heterocycles. The van der Waals surface area contributed by atoms with Crippen LogP contribution in [0.2, 0.25) is 0 Å². The van der Waals surface area contributed by atoms with Crippen LogP contribution in [0, 0.1) is 5.92 Å². The zero-order valence-electron chi connectivity index (χ0n) is 14.0. The molecule has 1 aromatic carbocycles. The Bertz CT molecular complexity index is 753. The van der Waals surface area contributed by atoms with Crippen LogP contribution < -0.4 is 4.74 Å². The summed E-state index contributed by atoms with van der Waals surface area (Å²) in [5.41, 5.74) is 4.73. The Morgan fingerprint density at radius 3 is 3.08 bits per heavy atom. The molecule has 0 saturated carbocycles. The number of hydrogen-bond acceptors (Lipinski definition) is 3. The highest BCUT2D eigenvalue weighted by atomic mass is 16.5. The van der Waals surface area contributed by atoms with Crippen molar-refractivity contribution in [2.45, 2.75) is 38.6 Å². The molecule has 1 aliphatic heterocycles. The third kappa shape index (κ3) is 2.79. The molecule has 0 unspecified atom stereocenters. The van der Waals surface area contributed by atoms with Crippen molar-refractivity contribution in [1.29, 1.82) is 0 Å². The Balaban J connectivity index is 1.44. The summed E-state index contributed by atoms with van der Waals surface area (Å²) in [4.78, 5) is 14.6. The van der Waals surface area contributed by atoms with E-state index in [0.29, 0.717) is 13.2 Å². The first kappa shape index (κ1) is 15.2. The molecule has 1 N–H and O–H groups in total. The quantitative estimate of drug-likeness (QED) is 0.943. The molecule has 2 aliphatic rings. The van der Waals surface area contributed by atoms with Gasteiger partial charge in [-0.25, -0.2) is 0 Å². The van der Waals surface area contributed by atoms with Crippen molar-refractivity contribution >= 4 is 5.91 Å². The Morgan fingerprint density at radius 1 is 1.33 bits per heavy atom. The molecule has 5 heteroatoms. The highest BCUT2D eigenvalue weighted by Gasteiger charge is 2.29. The summed E-state index contributed by atoms with van der Waals surface area (Å²) in [6, 6.07) is 7.97. The van der Waals surface area contributed by atoms with E-state index < -0.39 is 0 Å². The largest absolute Gasteiger partial charge is 0.492 e. The van der Waals surface area contributed by atoms with E-state index in [4.69, 9.17) is 4.74 Å². The Morgan fingerprint density at radius 2 is 2.17 bits per heavy atom. The number of aromatic amines is 1. The number of hydrogen-bond donors (Lipinski definition) is 1. The van der Waals surface area contributed by atoms with Crippen LogP contribution in [0.3, 0.4) is 0 Å². The van der Waals surface area contributed by atoms with Crippen molar-refractivity contribution in [1.82, 2.24) is 15.1 Å².